The summed E-state index contributed by atoms with van der Waals surface area (Å²) in [4.78, 5) is 28.7. The number of benzene rings is 4. The molecule has 5 aromatic rings. The molecule has 0 bridgehead atoms. The number of aliphatic carboxylic acids is 1. The Labute approximate surface area is 282 Å². The van der Waals surface area contributed by atoms with Gasteiger partial charge in [0.25, 0.3) is 5.91 Å². The highest BCUT2D eigenvalue weighted by Gasteiger charge is 2.30. The summed E-state index contributed by atoms with van der Waals surface area (Å²) in [5.41, 5.74) is 1.40. The number of ether oxygens (including phenoxy) is 1. The van der Waals surface area contributed by atoms with Crippen molar-refractivity contribution in [3.63, 3.8) is 0 Å². The maximum absolute atomic E-state index is 13.2. The van der Waals surface area contributed by atoms with Crippen molar-refractivity contribution in [2.75, 3.05) is 17.7 Å². The predicted molar refractivity (Wildman–Crippen MR) is 179 cm³/mol. The number of hydrogen-bond donors (Lipinski definition) is 2. The van der Waals surface area contributed by atoms with Crippen LogP contribution in [0.15, 0.2) is 89.8 Å². The number of nitrogens with zero attached hydrogens (tertiary/aromatic N) is 1. The Morgan fingerprint density at radius 2 is 1.69 bits per heavy atom. The molecule has 0 fully saturated rings. The SMILES string of the molecule is O=C(O)COc1ccc(CCCS(=O)(=O)c2ccc(Cl)cc2)cc1NC(=O)c1ccc(C=Cc2nc3cc(C(F)(F)F)ccc3s2)cc1. The minimum atomic E-state index is -4.46. The minimum absolute atomic E-state index is 0.119. The van der Waals surface area contributed by atoms with Gasteiger partial charge in [-0.1, -0.05) is 35.9 Å². The molecule has 0 aliphatic rings. The number of aromatic nitrogens is 1. The number of aryl methyl sites for hydroxylation is 1. The fraction of sp³-hybridized carbons (Fsp3) is 0.147. The molecule has 1 heterocycles. The Hall–Kier alpha value is -4.72. The van der Waals surface area contributed by atoms with E-state index in [1.165, 1.54) is 47.7 Å². The Morgan fingerprint density at radius 3 is 2.38 bits per heavy atom. The van der Waals surface area contributed by atoms with Crippen LogP contribution in [0.4, 0.5) is 18.9 Å². The van der Waals surface area contributed by atoms with Crippen LogP contribution in [0.2, 0.25) is 5.02 Å². The van der Waals surface area contributed by atoms with E-state index in [4.69, 9.17) is 21.4 Å². The van der Waals surface area contributed by atoms with Crippen molar-refractivity contribution in [1.29, 1.82) is 0 Å². The van der Waals surface area contributed by atoms with E-state index in [0.29, 0.717) is 32.3 Å². The van der Waals surface area contributed by atoms with Gasteiger partial charge < -0.3 is 15.2 Å². The Kier molecular flexibility index (Phi) is 10.5. The third-order valence-electron chi connectivity index (χ3n) is 7.02. The summed E-state index contributed by atoms with van der Waals surface area (Å²) >= 11 is 7.10. The number of sulfone groups is 1. The van der Waals surface area contributed by atoms with E-state index in [2.05, 4.69) is 10.3 Å². The molecule has 0 saturated heterocycles. The normalized spacial score (nSPS) is 12.0. The molecule has 1 amide bonds. The lowest BCUT2D eigenvalue weighted by Gasteiger charge is -2.14. The zero-order valence-electron chi connectivity index (χ0n) is 24.8. The molecule has 48 heavy (non-hydrogen) atoms. The van der Waals surface area contributed by atoms with Crippen LogP contribution in [0.1, 0.15) is 38.5 Å². The standard InChI is InChI=1S/C34H26ClF3N2O6S2/c35-25-10-12-26(13-11-25)48(44,45)17-1-2-22-5-14-29(46-20-32(41)42)27(18-22)40-33(43)23-7-3-21(4-8-23)6-16-31-39-28-19-24(34(36,37)38)9-15-30(28)47-31/h3-16,18-19H,1-2,17,20H2,(H,40,43)(H,41,42). The molecular weight excluding hydrogens is 689 g/mol. The summed E-state index contributed by atoms with van der Waals surface area (Å²) in [7, 11) is -3.54. The van der Waals surface area contributed by atoms with Gasteiger partial charge >= 0.3 is 12.1 Å². The van der Waals surface area contributed by atoms with Crippen LogP contribution >= 0.6 is 22.9 Å². The maximum atomic E-state index is 13.2. The first-order valence-corrected chi connectivity index (χ1v) is 17.1. The lowest BCUT2D eigenvalue weighted by Crippen LogP contribution is -2.15. The number of carbonyl (C=O) groups excluding carboxylic acids is 1. The zero-order valence-corrected chi connectivity index (χ0v) is 27.2. The number of hydrogen-bond acceptors (Lipinski definition) is 7. The van der Waals surface area contributed by atoms with Crippen molar-refractivity contribution < 1.29 is 41.0 Å². The molecule has 0 aliphatic heterocycles. The van der Waals surface area contributed by atoms with Crippen LogP contribution in [-0.4, -0.2) is 42.7 Å². The molecule has 0 radical (unpaired) electrons. The molecule has 1 aromatic heterocycles. The topological polar surface area (TPSA) is 123 Å². The lowest BCUT2D eigenvalue weighted by molar-refractivity contribution is -0.139. The molecule has 248 valence electrons. The van der Waals surface area contributed by atoms with Gasteiger partial charge in [-0.05, 0) is 96.8 Å². The molecule has 4 aromatic carbocycles. The zero-order chi connectivity index (χ0) is 34.5. The van der Waals surface area contributed by atoms with E-state index in [0.717, 1.165) is 12.1 Å². The van der Waals surface area contributed by atoms with Gasteiger partial charge in [-0.15, -0.1) is 11.3 Å². The van der Waals surface area contributed by atoms with Gasteiger partial charge in [0.2, 0.25) is 0 Å². The van der Waals surface area contributed by atoms with Crippen molar-refractivity contribution in [2.45, 2.75) is 23.9 Å². The number of thiazole rings is 1. The summed E-state index contributed by atoms with van der Waals surface area (Å²) in [5.74, 6) is -1.70. The van der Waals surface area contributed by atoms with Crippen molar-refractivity contribution in [3.8, 4) is 5.75 Å². The van der Waals surface area contributed by atoms with Gasteiger partial charge in [0, 0.05) is 10.6 Å². The first kappa shape index (κ1) is 34.6. The number of amides is 1. The summed E-state index contributed by atoms with van der Waals surface area (Å²) in [5, 5.41) is 12.8. The number of anilines is 1. The smallest absolute Gasteiger partial charge is 0.416 e. The van der Waals surface area contributed by atoms with Crippen LogP contribution < -0.4 is 10.1 Å². The van der Waals surface area contributed by atoms with Crippen LogP contribution in [0.3, 0.4) is 0 Å². The van der Waals surface area contributed by atoms with Crippen molar-refractivity contribution in [2.24, 2.45) is 0 Å². The van der Waals surface area contributed by atoms with E-state index in [1.807, 2.05) is 0 Å². The summed E-state index contributed by atoms with van der Waals surface area (Å²) in [6.07, 6.45) is -0.422. The van der Waals surface area contributed by atoms with Crippen molar-refractivity contribution in [3.05, 3.63) is 117 Å². The molecule has 0 atom stereocenters. The van der Waals surface area contributed by atoms with E-state index in [9.17, 15) is 31.2 Å². The molecule has 0 spiro atoms. The minimum Gasteiger partial charge on any atom is -0.480 e. The fourth-order valence-electron chi connectivity index (χ4n) is 4.62. The van der Waals surface area contributed by atoms with Gasteiger partial charge in [0.1, 0.15) is 10.8 Å². The second-order valence-corrected chi connectivity index (χ2v) is 14.1. The third kappa shape index (κ3) is 9.00. The second kappa shape index (κ2) is 14.6. The number of fused-ring (bicyclic) bond motifs is 1. The average molecular weight is 715 g/mol. The maximum Gasteiger partial charge on any atom is 0.416 e. The Bertz CT molecular complexity index is 2100. The van der Waals surface area contributed by atoms with Crippen LogP contribution in [-0.2, 0) is 27.2 Å². The molecule has 0 aliphatic carbocycles. The van der Waals surface area contributed by atoms with E-state index >= 15 is 0 Å². The van der Waals surface area contributed by atoms with Crippen LogP contribution in [0.25, 0.3) is 22.4 Å². The third-order valence-corrected chi connectivity index (χ3v) is 10.1. The highest BCUT2D eigenvalue weighted by molar-refractivity contribution is 7.91. The fourth-order valence-corrected chi connectivity index (χ4v) is 6.91. The van der Waals surface area contributed by atoms with Gasteiger partial charge in [-0.2, -0.15) is 13.2 Å². The second-order valence-electron chi connectivity index (χ2n) is 10.5. The number of nitrogens with one attached hydrogen (secondary N) is 1. The molecule has 0 saturated carbocycles. The van der Waals surface area contributed by atoms with Gasteiger partial charge in [-0.25, -0.2) is 18.2 Å². The highest BCUT2D eigenvalue weighted by Crippen LogP contribution is 2.33. The summed E-state index contributed by atoms with van der Waals surface area (Å²) in [6, 6.07) is 20.6. The molecule has 2 N–H and O–H groups in total. The number of halogens is 4. The lowest BCUT2D eigenvalue weighted by atomic mass is 10.1. The molecule has 14 heteroatoms. The number of rotatable bonds is 12. The number of carboxylic acid groups (broad SMARTS) is 1. The molecule has 0 unspecified atom stereocenters. The number of carboxylic acids is 1. The van der Waals surface area contributed by atoms with Gasteiger partial charge in [-0.3, -0.25) is 4.79 Å². The van der Waals surface area contributed by atoms with Crippen LogP contribution in [0.5, 0.6) is 5.75 Å². The quantitative estimate of drug-likeness (QED) is 0.133. The Balaban J connectivity index is 1.25. The Morgan fingerprint density at radius 1 is 0.958 bits per heavy atom. The van der Waals surface area contributed by atoms with E-state index in [1.54, 1.807) is 48.6 Å². The summed E-state index contributed by atoms with van der Waals surface area (Å²) < 4.78 is 70.5. The first-order chi connectivity index (χ1) is 22.8. The number of carbonyl (C=O) groups is 2. The van der Waals surface area contributed by atoms with Gasteiger partial charge in [0.05, 0.1) is 32.1 Å². The predicted octanol–water partition coefficient (Wildman–Crippen LogP) is 8.26. The molecule has 5 rings (SSSR count). The van der Waals surface area contributed by atoms with Crippen LogP contribution in [0, 0.1) is 0 Å². The molecule has 8 nitrogen and oxygen atoms in total. The van der Waals surface area contributed by atoms with E-state index < -0.39 is 40.1 Å². The first-order valence-electron chi connectivity index (χ1n) is 14.3. The highest BCUT2D eigenvalue weighted by atomic mass is 35.5. The van der Waals surface area contributed by atoms with Crippen molar-refractivity contribution >= 4 is 72.7 Å². The van der Waals surface area contributed by atoms with E-state index in [-0.39, 0.29) is 39.6 Å². The monoisotopic (exact) mass is 714 g/mol. The number of alkyl halides is 3. The average Bonchev–Trinajstić information content (AvgIpc) is 3.46. The summed E-state index contributed by atoms with van der Waals surface area (Å²) in [6.45, 7) is -0.638. The van der Waals surface area contributed by atoms with Gasteiger partial charge in [0.15, 0.2) is 16.4 Å². The molecular formula is C34H26ClF3N2O6S2. The largest absolute Gasteiger partial charge is 0.480 e. The van der Waals surface area contributed by atoms with Crippen molar-refractivity contribution in [1.82, 2.24) is 4.98 Å².